The third-order valence-electron chi connectivity index (χ3n) is 1.36. The van der Waals surface area contributed by atoms with Crippen molar-refractivity contribution in [3.63, 3.8) is 0 Å². The minimum atomic E-state index is -3.99. The molecule has 0 saturated carbocycles. The second-order valence-corrected chi connectivity index (χ2v) is 4.77. The Morgan fingerprint density at radius 3 is 2.46 bits per heavy atom. The van der Waals surface area contributed by atoms with Crippen molar-refractivity contribution in [2.24, 2.45) is 0 Å². The standard InChI is InChI=1S/C7H4ClFO3S/c8-13(11,12)7-2-1-6(9)3-5(7)4-10/h1-4H. The van der Waals surface area contributed by atoms with Crippen LogP contribution >= 0.6 is 10.7 Å². The highest BCUT2D eigenvalue weighted by atomic mass is 35.7. The molecule has 0 atom stereocenters. The van der Waals surface area contributed by atoms with Crippen LogP contribution in [0.2, 0.25) is 0 Å². The molecule has 0 N–H and O–H groups in total. The van der Waals surface area contributed by atoms with Crippen molar-refractivity contribution in [2.75, 3.05) is 0 Å². The fourth-order valence-corrected chi connectivity index (χ4v) is 1.87. The molecule has 0 aliphatic rings. The number of aldehydes is 1. The Labute approximate surface area is 78.6 Å². The summed E-state index contributed by atoms with van der Waals surface area (Å²) in [7, 11) is 0.998. The number of rotatable bonds is 2. The van der Waals surface area contributed by atoms with Crippen molar-refractivity contribution >= 4 is 26.0 Å². The lowest BCUT2D eigenvalue weighted by atomic mass is 10.2. The van der Waals surface area contributed by atoms with Crippen LogP contribution in [-0.4, -0.2) is 14.7 Å². The van der Waals surface area contributed by atoms with Gasteiger partial charge in [0.2, 0.25) is 0 Å². The van der Waals surface area contributed by atoms with Gasteiger partial charge in [-0.15, -0.1) is 0 Å². The van der Waals surface area contributed by atoms with Gasteiger partial charge in [-0.3, -0.25) is 4.79 Å². The van der Waals surface area contributed by atoms with Crippen LogP contribution in [0.1, 0.15) is 10.4 Å². The highest BCUT2D eigenvalue weighted by Crippen LogP contribution is 2.19. The van der Waals surface area contributed by atoms with Gasteiger partial charge in [-0.1, -0.05) is 0 Å². The molecule has 70 valence electrons. The van der Waals surface area contributed by atoms with E-state index in [9.17, 15) is 17.6 Å². The first-order chi connectivity index (χ1) is 5.95. The third-order valence-corrected chi connectivity index (χ3v) is 2.76. The zero-order valence-corrected chi connectivity index (χ0v) is 7.77. The molecule has 1 rings (SSSR count). The van der Waals surface area contributed by atoms with Gasteiger partial charge >= 0.3 is 0 Å². The molecule has 0 aromatic heterocycles. The molecule has 0 radical (unpaired) electrons. The van der Waals surface area contributed by atoms with E-state index in [1.165, 1.54) is 0 Å². The second-order valence-electron chi connectivity index (χ2n) is 2.24. The first-order valence-electron chi connectivity index (χ1n) is 3.14. The number of carbonyl (C=O) groups is 1. The van der Waals surface area contributed by atoms with Gasteiger partial charge in [0.05, 0.1) is 4.90 Å². The largest absolute Gasteiger partial charge is 0.298 e. The zero-order valence-electron chi connectivity index (χ0n) is 6.20. The highest BCUT2D eigenvalue weighted by Gasteiger charge is 2.15. The summed E-state index contributed by atoms with van der Waals surface area (Å²) in [6.45, 7) is 0. The van der Waals surface area contributed by atoms with E-state index in [-0.39, 0.29) is 16.7 Å². The van der Waals surface area contributed by atoms with E-state index in [1.54, 1.807) is 0 Å². The number of hydrogen-bond donors (Lipinski definition) is 0. The first-order valence-corrected chi connectivity index (χ1v) is 5.45. The van der Waals surface area contributed by atoms with Crippen molar-refractivity contribution < 1.29 is 17.6 Å². The van der Waals surface area contributed by atoms with Crippen LogP contribution in [0.15, 0.2) is 23.1 Å². The summed E-state index contributed by atoms with van der Waals surface area (Å²) in [5, 5.41) is 0. The molecule has 0 aliphatic carbocycles. The first kappa shape index (κ1) is 10.1. The predicted molar refractivity (Wildman–Crippen MR) is 44.8 cm³/mol. The molecule has 0 amide bonds. The summed E-state index contributed by atoms with van der Waals surface area (Å²) < 4.78 is 34.1. The second kappa shape index (κ2) is 3.43. The third kappa shape index (κ3) is 2.26. The van der Waals surface area contributed by atoms with Gasteiger partial charge in [-0.2, -0.15) is 0 Å². The minimum absolute atomic E-state index is 0.234. The molecule has 0 bridgehead atoms. The van der Waals surface area contributed by atoms with Gasteiger partial charge in [0.1, 0.15) is 5.82 Å². The smallest absolute Gasteiger partial charge is 0.262 e. The Morgan fingerprint density at radius 1 is 1.38 bits per heavy atom. The average Bonchev–Trinajstić information content (AvgIpc) is 2.01. The van der Waals surface area contributed by atoms with E-state index in [0.29, 0.717) is 0 Å². The van der Waals surface area contributed by atoms with Crippen molar-refractivity contribution in [3.05, 3.63) is 29.6 Å². The van der Waals surface area contributed by atoms with E-state index < -0.39 is 14.9 Å². The lowest BCUT2D eigenvalue weighted by Gasteiger charge is -1.99. The summed E-state index contributed by atoms with van der Waals surface area (Å²) in [6.07, 6.45) is 0.234. The molecular weight excluding hydrogens is 219 g/mol. The van der Waals surface area contributed by atoms with Crippen LogP contribution in [0.3, 0.4) is 0 Å². The Bertz CT molecular complexity index is 441. The topological polar surface area (TPSA) is 51.2 Å². The lowest BCUT2D eigenvalue weighted by molar-refractivity contribution is 0.112. The number of halogens is 2. The summed E-state index contributed by atoms with van der Waals surface area (Å²) in [5.74, 6) is -0.689. The van der Waals surface area contributed by atoms with Crippen LogP contribution < -0.4 is 0 Å². The minimum Gasteiger partial charge on any atom is -0.298 e. The Hall–Kier alpha value is -0.940. The van der Waals surface area contributed by atoms with E-state index in [1.807, 2.05) is 0 Å². The molecule has 1 aromatic carbocycles. The van der Waals surface area contributed by atoms with Gasteiger partial charge in [-0.25, -0.2) is 12.8 Å². The molecule has 6 heteroatoms. The monoisotopic (exact) mass is 222 g/mol. The molecule has 0 aliphatic heterocycles. The maximum atomic E-state index is 12.5. The van der Waals surface area contributed by atoms with Gasteiger partial charge in [0.15, 0.2) is 6.29 Å². The van der Waals surface area contributed by atoms with E-state index in [0.717, 1.165) is 18.2 Å². The Balaban J connectivity index is 3.47. The normalized spacial score (nSPS) is 11.2. The van der Waals surface area contributed by atoms with Crippen molar-refractivity contribution in [2.45, 2.75) is 4.90 Å². The summed E-state index contributed by atoms with van der Waals surface area (Å²) >= 11 is 0. The molecule has 13 heavy (non-hydrogen) atoms. The van der Waals surface area contributed by atoms with E-state index in [4.69, 9.17) is 10.7 Å². The van der Waals surface area contributed by atoms with Crippen LogP contribution in [-0.2, 0) is 9.05 Å². The molecular formula is C7H4ClFO3S. The van der Waals surface area contributed by atoms with Crippen molar-refractivity contribution in [1.82, 2.24) is 0 Å². The molecule has 0 unspecified atom stereocenters. The molecule has 0 heterocycles. The molecule has 0 fully saturated rings. The maximum Gasteiger partial charge on any atom is 0.262 e. The van der Waals surface area contributed by atoms with Gasteiger partial charge in [0.25, 0.3) is 9.05 Å². The van der Waals surface area contributed by atoms with Gasteiger partial charge in [0, 0.05) is 16.2 Å². The van der Waals surface area contributed by atoms with Gasteiger partial charge < -0.3 is 0 Å². The predicted octanol–water partition coefficient (Wildman–Crippen LogP) is 1.57. The molecule has 0 spiro atoms. The molecule has 1 aromatic rings. The van der Waals surface area contributed by atoms with Crippen LogP contribution in [0.4, 0.5) is 4.39 Å². The lowest BCUT2D eigenvalue weighted by Crippen LogP contribution is -1.97. The van der Waals surface area contributed by atoms with E-state index >= 15 is 0 Å². The van der Waals surface area contributed by atoms with Gasteiger partial charge in [-0.05, 0) is 18.2 Å². The molecule has 0 saturated heterocycles. The maximum absolute atomic E-state index is 12.5. The van der Waals surface area contributed by atoms with Crippen LogP contribution in [0, 0.1) is 5.82 Å². The number of benzene rings is 1. The number of carbonyl (C=O) groups excluding carboxylic acids is 1. The SMILES string of the molecule is O=Cc1cc(F)ccc1S(=O)(=O)Cl. The summed E-state index contributed by atoms with van der Waals surface area (Å²) in [4.78, 5) is 9.95. The number of hydrogen-bond acceptors (Lipinski definition) is 3. The summed E-state index contributed by atoms with van der Waals surface area (Å²) in [5.41, 5.74) is -0.282. The van der Waals surface area contributed by atoms with Crippen LogP contribution in [0.5, 0.6) is 0 Å². The summed E-state index contributed by atoms with van der Waals surface area (Å²) in [6, 6.07) is 2.67. The molecule has 3 nitrogen and oxygen atoms in total. The highest BCUT2D eigenvalue weighted by molar-refractivity contribution is 8.13. The van der Waals surface area contributed by atoms with Crippen LogP contribution in [0.25, 0.3) is 0 Å². The Kier molecular flexibility index (Phi) is 2.68. The zero-order chi connectivity index (χ0) is 10.1. The Morgan fingerprint density at radius 2 is 2.00 bits per heavy atom. The van der Waals surface area contributed by atoms with Crippen molar-refractivity contribution in [3.8, 4) is 0 Å². The fourth-order valence-electron chi connectivity index (χ4n) is 0.833. The average molecular weight is 223 g/mol. The fraction of sp³-hybridized carbons (Fsp3) is 0. The van der Waals surface area contributed by atoms with E-state index in [2.05, 4.69) is 0 Å². The quantitative estimate of drug-likeness (QED) is 0.564. The van der Waals surface area contributed by atoms with Crippen molar-refractivity contribution in [1.29, 1.82) is 0 Å².